The minimum Gasteiger partial charge on any atom is -0.465 e. The van der Waals surface area contributed by atoms with Crippen molar-refractivity contribution in [3.8, 4) is 0 Å². The molecule has 0 heterocycles. The number of carbonyl (C=O) groups is 3. The number of ether oxygens (including phenoxy) is 2. The molecule has 0 rings (SSSR count). The van der Waals surface area contributed by atoms with Gasteiger partial charge in [0, 0.05) is 13.5 Å². The van der Waals surface area contributed by atoms with E-state index in [4.69, 9.17) is 4.74 Å². The van der Waals surface area contributed by atoms with Crippen LogP contribution < -0.4 is 0 Å². The molecule has 0 aliphatic carbocycles. The summed E-state index contributed by atoms with van der Waals surface area (Å²) in [4.78, 5) is 33.8. The van der Waals surface area contributed by atoms with Gasteiger partial charge in [0.15, 0.2) is 17.5 Å². The van der Waals surface area contributed by atoms with Crippen molar-refractivity contribution in [3.63, 3.8) is 0 Å². The summed E-state index contributed by atoms with van der Waals surface area (Å²) in [5.41, 5.74) is 0. The summed E-state index contributed by atoms with van der Waals surface area (Å²) in [6, 6.07) is 0. The van der Waals surface area contributed by atoms with Crippen molar-refractivity contribution >= 4 is 17.5 Å². The summed E-state index contributed by atoms with van der Waals surface area (Å²) < 4.78 is 9.34. The Balaban J connectivity index is 4.45. The monoisotopic (exact) mass is 216 g/mol. The highest BCUT2D eigenvalue weighted by atomic mass is 16.5. The highest BCUT2D eigenvalue weighted by molar-refractivity contribution is 6.16. The number of ketones is 2. The second-order valence-corrected chi connectivity index (χ2v) is 3.00. The van der Waals surface area contributed by atoms with Gasteiger partial charge in [0.05, 0.1) is 13.2 Å². The van der Waals surface area contributed by atoms with E-state index in [2.05, 4.69) is 4.74 Å². The maximum absolute atomic E-state index is 11.5. The molecule has 5 heteroatoms. The van der Waals surface area contributed by atoms with Gasteiger partial charge >= 0.3 is 5.97 Å². The van der Waals surface area contributed by atoms with Crippen molar-refractivity contribution in [2.24, 2.45) is 5.92 Å². The molecule has 0 N–H and O–H groups in total. The standard InChI is InChI=1S/C10H16O5/c1-4-15-10(13)9(7(2)11)8(12)5-6-14-3/h9H,4-6H2,1-3H3. The Labute approximate surface area is 88.7 Å². The summed E-state index contributed by atoms with van der Waals surface area (Å²) in [5, 5.41) is 0. The Morgan fingerprint density at radius 1 is 1.27 bits per heavy atom. The average Bonchev–Trinajstić information content (AvgIpc) is 2.14. The molecule has 0 aliphatic rings. The smallest absolute Gasteiger partial charge is 0.324 e. The SMILES string of the molecule is CCOC(=O)C(C(C)=O)C(=O)CCOC. The fourth-order valence-electron chi connectivity index (χ4n) is 1.10. The minimum absolute atomic E-state index is 0.0412. The molecular formula is C10H16O5. The van der Waals surface area contributed by atoms with E-state index in [9.17, 15) is 14.4 Å². The molecule has 0 spiro atoms. The Kier molecular flexibility index (Phi) is 6.53. The first-order valence-electron chi connectivity index (χ1n) is 4.73. The molecule has 0 aromatic carbocycles. The van der Waals surface area contributed by atoms with Crippen LogP contribution in [0, 0.1) is 5.92 Å². The van der Waals surface area contributed by atoms with E-state index in [-0.39, 0.29) is 19.6 Å². The topological polar surface area (TPSA) is 69.7 Å². The van der Waals surface area contributed by atoms with Crippen molar-refractivity contribution in [1.82, 2.24) is 0 Å². The zero-order valence-corrected chi connectivity index (χ0v) is 9.24. The van der Waals surface area contributed by atoms with Gasteiger partial charge in [0.25, 0.3) is 0 Å². The highest BCUT2D eigenvalue weighted by Gasteiger charge is 2.31. The van der Waals surface area contributed by atoms with Gasteiger partial charge in [-0.15, -0.1) is 0 Å². The highest BCUT2D eigenvalue weighted by Crippen LogP contribution is 2.06. The lowest BCUT2D eigenvalue weighted by Gasteiger charge is -2.10. The fourth-order valence-corrected chi connectivity index (χ4v) is 1.10. The van der Waals surface area contributed by atoms with Crippen molar-refractivity contribution in [2.75, 3.05) is 20.3 Å². The van der Waals surface area contributed by atoms with Gasteiger partial charge in [-0.25, -0.2) is 0 Å². The lowest BCUT2D eigenvalue weighted by atomic mass is 9.98. The van der Waals surface area contributed by atoms with Crippen LogP contribution in [0.5, 0.6) is 0 Å². The molecule has 0 aromatic rings. The molecule has 0 saturated heterocycles. The molecule has 15 heavy (non-hydrogen) atoms. The van der Waals surface area contributed by atoms with Crippen LogP contribution in [0.15, 0.2) is 0 Å². The molecule has 1 atom stereocenters. The van der Waals surface area contributed by atoms with Crippen LogP contribution in [-0.4, -0.2) is 37.9 Å². The van der Waals surface area contributed by atoms with Crippen LogP contribution >= 0.6 is 0 Å². The van der Waals surface area contributed by atoms with Gasteiger partial charge < -0.3 is 9.47 Å². The zero-order chi connectivity index (χ0) is 11.8. The van der Waals surface area contributed by atoms with Gasteiger partial charge in [0.2, 0.25) is 0 Å². The Hall–Kier alpha value is -1.23. The Morgan fingerprint density at radius 2 is 1.87 bits per heavy atom. The number of hydrogen-bond donors (Lipinski definition) is 0. The maximum Gasteiger partial charge on any atom is 0.324 e. The average molecular weight is 216 g/mol. The third-order valence-electron chi connectivity index (χ3n) is 1.80. The second-order valence-electron chi connectivity index (χ2n) is 3.00. The van der Waals surface area contributed by atoms with Crippen LogP contribution in [0.3, 0.4) is 0 Å². The summed E-state index contributed by atoms with van der Waals surface area (Å²) in [6.07, 6.45) is 0.0412. The van der Waals surface area contributed by atoms with Crippen LogP contribution in [0.25, 0.3) is 0 Å². The van der Waals surface area contributed by atoms with Gasteiger partial charge in [-0.2, -0.15) is 0 Å². The predicted molar refractivity (Wildman–Crippen MR) is 52.3 cm³/mol. The summed E-state index contributed by atoms with van der Waals surface area (Å²) >= 11 is 0. The van der Waals surface area contributed by atoms with E-state index in [1.807, 2.05) is 0 Å². The quantitative estimate of drug-likeness (QED) is 0.454. The van der Waals surface area contributed by atoms with Gasteiger partial charge in [0.1, 0.15) is 0 Å². The molecule has 0 aromatic heterocycles. The Morgan fingerprint density at radius 3 is 2.27 bits per heavy atom. The Bertz CT molecular complexity index is 246. The maximum atomic E-state index is 11.5. The molecule has 1 unspecified atom stereocenters. The van der Waals surface area contributed by atoms with Crippen LogP contribution in [0.4, 0.5) is 0 Å². The fraction of sp³-hybridized carbons (Fsp3) is 0.700. The van der Waals surface area contributed by atoms with Gasteiger partial charge in [-0.3, -0.25) is 14.4 Å². The molecule has 0 radical (unpaired) electrons. The van der Waals surface area contributed by atoms with E-state index in [1.165, 1.54) is 14.0 Å². The minimum atomic E-state index is -1.29. The number of methoxy groups -OCH3 is 1. The largest absolute Gasteiger partial charge is 0.465 e. The van der Waals surface area contributed by atoms with Crippen LogP contribution in [0.1, 0.15) is 20.3 Å². The van der Waals surface area contributed by atoms with Gasteiger partial charge in [-0.05, 0) is 13.8 Å². The van der Waals surface area contributed by atoms with Crippen LogP contribution in [0.2, 0.25) is 0 Å². The van der Waals surface area contributed by atoms with E-state index in [0.29, 0.717) is 0 Å². The van der Waals surface area contributed by atoms with E-state index in [0.717, 1.165) is 0 Å². The molecule has 86 valence electrons. The number of Topliss-reactive ketones (excluding diaryl/α,β-unsaturated/α-hetero) is 2. The number of esters is 1. The van der Waals surface area contributed by atoms with Crippen LogP contribution in [-0.2, 0) is 23.9 Å². The molecular weight excluding hydrogens is 200 g/mol. The molecule has 5 nitrogen and oxygen atoms in total. The lowest BCUT2D eigenvalue weighted by molar-refractivity contribution is -0.154. The third kappa shape index (κ3) is 4.69. The molecule has 0 fully saturated rings. The first-order chi connectivity index (χ1) is 7.04. The number of rotatable bonds is 7. The summed E-state index contributed by atoms with van der Waals surface area (Å²) in [7, 11) is 1.44. The zero-order valence-electron chi connectivity index (χ0n) is 9.24. The van der Waals surface area contributed by atoms with Gasteiger partial charge in [-0.1, -0.05) is 0 Å². The first-order valence-corrected chi connectivity index (χ1v) is 4.73. The lowest BCUT2D eigenvalue weighted by Crippen LogP contribution is -2.32. The normalized spacial score (nSPS) is 11.9. The number of carbonyl (C=O) groups excluding carboxylic acids is 3. The summed E-state index contributed by atoms with van der Waals surface area (Å²) in [5.74, 6) is -3.01. The second kappa shape index (κ2) is 7.11. The third-order valence-corrected chi connectivity index (χ3v) is 1.80. The summed E-state index contributed by atoms with van der Waals surface area (Å²) in [6.45, 7) is 3.17. The van der Waals surface area contributed by atoms with E-state index < -0.39 is 23.5 Å². The molecule has 0 bridgehead atoms. The molecule has 0 aliphatic heterocycles. The first kappa shape index (κ1) is 13.8. The van der Waals surface area contributed by atoms with E-state index >= 15 is 0 Å². The van der Waals surface area contributed by atoms with Crippen molar-refractivity contribution in [3.05, 3.63) is 0 Å². The van der Waals surface area contributed by atoms with Crippen molar-refractivity contribution in [1.29, 1.82) is 0 Å². The van der Waals surface area contributed by atoms with E-state index in [1.54, 1.807) is 6.92 Å². The van der Waals surface area contributed by atoms with Crippen molar-refractivity contribution in [2.45, 2.75) is 20.3 Å². The molecule has 0 saturated carbocycles. The predicted octanol–water partition coefficient (Wildman–Crippen LogP) is 0.360. The number of hydrogen-bond acceptors (Lipinski definition) is 5. The van der Waals surface area contributed by atoms with Crippen molar-refractivity contribution < 1.29 is 23.9 Å². The molecule has 0 amide bonds.